The zero-order valence-electron chi connectivity index (χ0n) is 10.4. The van der Waals surface area contributed by atoms with Crippen LogP contribution in [0.15, 0.2) is 0 Å². The molecule has 18 heavy (non-hydrogen) atoms. The number of amides is 1. The highest BCUT2D eigenvalue weighted by atomic mass is 31.2. The first-order valence-electron chi connectivity index (χ1n) is 6.04. The van der Waals surface area contributed by atoms with Crippen LogP contribution in [0.1, 0.15) is 26.2 Å². The second-order valence-corrected chi connectivity index (χ2v) is 6.08. The van der Waals surface area contributed by atoms with Gasteiger partial charge in [0.15, 0.2) is 0 Å². The van der Waals surface area contributed by atoms with Crippen molar-refractivity contribution >= 4 is 13.5 Å². The van der Waals surface area contributed by atoms with Gasteiger partial charge in [-0.3, -0.25) is 14.6 Å². The van der Waals surface area contributed by atoms with E-state index in [0.29, 0.717) is 31.1 Å². The molecule has 0 bridgehead atoms. The Hall–Kier alpha value is -0.460. The fourth-order valence-corrected chi connectivity index (χ4v) is 3.23. The van der Waals surface area contributed by atoms with E-state index in [1.807, 2.05) is 6.92 Å². The highest BCUT2D eigenvalue weighted by Gasteiger charge is 2.42. The minimum absolute atomic E-state index is 0.0585. The average molecular weight is 281 g/mol. The number of hydrogen-bond donors (Lipinski definition) is 2. The third-order valence-corrected chi connectivity index (χ3v) is 4.51. The van der Waals surface area contributed by atoms with Crippen LogP contribution < -0.4 is 0 Å². The van der Waals surface area contributed by atoms with E-state index < -0.39 is 19.2 Å². The molecule has 1 fully saturated rings. The summed E-state index contributed by atoms with van der Waals surface area (Å²) in [7, 11) is -4.02. The Morgan fingerprint density at radius 1 is 1.50 bits per heavy atom. The van der Waals surface area contributed by atoms with Gasteiger partial charge in [-0.15, -0.1) is 0 Å². The number of ether oxygens (including phenoxy) is 1. The molecule has 0 aliphatic carbocycles. The standard InChI is InChI=1S/C10H20NO6P/c1-2-16-7-4-8-17-18(14,15)9-5-3-6-11(13)10(9)12/h9,13H,2-8H2,1H3,(H,14,15). The van der Waals surface area contributed by atoms with Crippen molar-refractivity contribution in [3.63, 3.8) is 0 Å². The largest absolute Gasteiger partial charge is 0.382 e. The van der Waals surface area contributed by atoms with Crippen molar-refractivity contribution in [3.05, 3.63) is 0 Å². The lowest BCUT2D eigenvalue weighted by atomic mass is 10.1. The predicted octanol–water partition coefficient (Wildman–Crippen LogP) is 0.995. The van der Waals surface area contributed by atoms with Crippen LogP contribution in [0.5, 0.6) is 0 Å². The number of carbonyl (C=O) groups is 1. The Kier molecular flexibility index (Phi) is 6.25. The molecule has 106 valence electrons. The quantitative estimate of drug-likeness (QED) is 0.410. The zero-order chi connectivity index (χ0) is 13.6. The molecule has 0 spiro atoms. The molecule has 0 saturated carbocycles. The Morgan fingerprint density at radius 3 is 2.89 bits per heavy atom. The summed E-state index contributed by atoms with van der Waals surface area (Å²) in [5, 5.41) is 9.72. The summed E-state index contributed by atoms with van der Waals surface area (Å²) in [6.45, 7) is 3.13. The van der Waals surface area contributed by atoms with Crippen molar-refractivity contribution in [1.29, 1.82) is 0 Å². The molecule has 1 aliphatic heterocycles. The molecule has 1 heterocycles. The van der Waals surface area contributed by atoms with Crippen LogP contribution in [0.3, 0.4) is 0 Å². The third-order valence-electron chi connectivity index (χ3n) is 2.69. The number of hydroxylamine groups is 2. The molecule has 2 unspecified atom stereocenters. The Morgan fingerprint density at radius 2 is 2.22 bits per heavy atom. The highest BCUT2D eigenvalue weighted by molar-refractivity contribution is 7.54. The van der Waals surface area contributed by atoms with Crippen LogP contribution in [0.25, 0.3) is 0 Å². The van der Waals surface area contributed by atoms with Gasteiger partial charge < -0.3 is 14.2 Å². The van der Waals surface area contributed by atoms with Crippen LogP contribution >= 0.6 is 7.60 Å². The summed E-state index contributed by atoms with van der Waals surface area (Å²) in [5.74, 6) is -0.739. The van der Waals surface area contributed by atoms with E-state index in [9.17, 15) is 19.5 Å². The van der Waals surface area contributed by atoms with E-state index in [1.54, 1.807) is 0 Å². The number of hydrogen-bond acceptors (Lipinski definition) is 5. The van der Waals surface area contributed by atoms with E-state index in [4.69, 9.17) is 9.26 Å². The number of rotatable bonds is 7. The molecule has 1 saturated heterocycles. The molecule has 2 atom stereocenters. The van der Waals surface area contributed by atoms with Crippen molar-refractivity contribution in [1.82, 2.24) is 5.06 Å². The van der Waals surface area contributed by atoms with Crippen LogP contribution in [0, 0.1) is 0 Å². The molecule has 1 aliphatic rings. The minimum atomic E-state index is -4.02. The summed E-state index contributed by atoms with van der Waals surface area (Å²) < 4.78 is 21.9. The molecule has 8 heteroatoms. The average Bonchev–Trinajstić information content (AvgIpc) is 2.32. The van der Waals surface area contributed by atoms with Crippen molar-refractivity contribution in [2.24, 2.45) is 0 Å². The van der Waals surface area contributed by atoms with Gasteiger partial charge in [0.05, 0.1) is 6.61 Å². The van der Waals surface area contributed by atoms with Gasteiger partial charge in [0.2, 0.25) is 0 Å². The van der Waals surface area contributed by atoms with Gasteiger partial charge >= 0.3 is 7.60 Å². The van der Waals surface area contributed by atoms with Gasteiger partial charge in [0, 0.05) is 19.8 Å². The van der Waals surface area contributed by atoms with Crippen LogP contribution in [-0.4, -0.2) is 53.1 Å². The summed E-state index contributed by atoms with van der Waals surface area (Å²) >= 11 is 0. The second kappa shape index (κ2) is 7.21. The molecule has 0 aromatic heterocycles. The van der Waals surface area contributed by atoms with Gasteiger partial charge in [0.25, 0.3) is 5.91 Å². The van der Waals surface area contributed by atoms with Gasteiger partial charge in [0.1, 0.15) is 5.66 Å². The number of piperidine rings is 1. The normalized spacial score (nSPS) is 24.1. The van der Waals surface area contributed by atoms with E-state index in [-0.39, 0.29) is 19.6 Å². The fraction of sp³-hybridized carbons (Fsp3) is 0.900. The van der Waals surface area contributed by atoms with Crippen molar-refractivity contribution < 1.29 is 28.7 Å². The summed E-state index contributed by atoms with van der Waals surface area (Å²) in [6, 6.07) is 0. The lowest BCUT2D eigenvalue weighted by molar-refractivity contribution is -0.169. The van der Waals surface area contributed by atoms with Gasteiger partial charge in [-0.25, -0.2) is 5.06 Å². The predicted molar refractivity (Wildman–Crippen MR) is 63.4 cm³/mol. The third kappa shape index (κ3) is 4.33. The first-order chi connectivity index (χ1) is 8.49. The van der Waals surface area contributed by atoms with E-state index in [2.05, 4.69) is 0 Å². The molecule has 2 N–H and O–H groups in total. The topological polar surface area (TPSA) is 96.3 Å². The molecular formula is C10H20NO6P. The molecule has 1 amide bonds. The first-order valence-corrected chi connectivity index (χ1v) is 7.68. The lowest BCUT2D eigenvalue weighted by Gasteiger charge is -2.29. The van der Waals surface area contributed by atoms with Crippen LogP contribution in [0.2, 0.25) is 0 Å². The van der Waals surface area contributed by atoms with Gasteiger partial charge in [-0.2, -0.15) is 0 Å². The second-order valence-electron chi connectivity index (χ2n) is 4.07. The molecular weight excluding hydrogens is 261 g/mol. The number of carbonyl (C=O) groups excluding carboxylic acids is 1. The summed E-state index contributed by atoms with van der Waals surface area (Å²) in [5.41, 5.74) is -1.15. The summed E-state index contributed by atoms with van der Waals surface area (Å²) in [4.78, 5) is 21.3. The van der Waals surface area contributed by atoms with Crippen molar-refractivity contribution in [3.8, 4) is 0 Å². The fourth-order valence-electron chi connectivity index (χ4n) is 1.73. The van der Waals surface area contributed by atoms with E-state index in [0.717, 1.165) is 0 Å². The molecule has 1 rings (SSSR count). The van der Waals surface area contributed by atoms with E-state index >= 15 is 0 Å². The molecule has 7 nitrogen and oxygen atoms in total. The number of nitrogens with zero attached hydrogens (tertiary/aromatic N) is 1. The smallest absolute Gasteiger partial charge is 0.340 e. The van der Waals surface area contributed by atoms with Crippen LogP contribution in [0.4, 0.5) is 0 Å². The van der Waals surface area contributed by atoms with Gasteiger partial charge in [-0.1, -0.05) is 0 Å². The Balaban J connectivity index is 2.42. The molecule has 0 aromatic carbocycles. The first kappa shape index (κ1) is 15.6. The minimum Gasteiger partial charge on any atom is -0.382 e. The lowest BCUT2D eigenvalue weighted by Crippen LogP contribution is -2.42. The van der Waals surface area contributed by atoms with Crippen LogP contribution in [-0.2, 0) is 18.6 Å². The maximum atomic E-state index is 11.9. The summed E-state index contributed by atoms with van der Waals surface area (Å²) in [6.07, 6.45) is 1.23. The monoisotopic (exact) mass is 281 g/mol. The molecule has 0 radical (unpaired) electrons. The zero-order valence-corrected chi connectivity index (χ0v) is 11.3. The maximum absolute atomic E-state index is 11.9. The SMILES string of the molecule is CCOCCCOP(=O)(O)C1CCCN(O)C1=O. The Bertz CT molecular complexity index is 323. The van der Waals surface area contributed by atoms with Crippen molar-refractivity contribution in [2.75, 3.05) is 26.4 Å². The van der Waals surface area contributed by atoms with Crippen molar-refractivity contribution in [2.45, 2.75) is 31.8 Å². The Labute approximate surface area is 106 Å². The maximum Gasteiger partial charge on any atom is 0.340 e. The molecule has 0 aromatic rings. The highest BCUT2D eigenvalue weighted by Crippen LogP contribution is 2.50. The van der Waals surface area contributed by atoms with Gasteiger partial charge in [-0.05, 0) is 26.2 Å². The van der Waals surface area contributed by atoms with E-state index in [1.165, 1.54) is 0 Å².